The maximum absolute atomic E-state index is 9.77. The quantitative estimate of drug-likeness (QED) is 0.112. The fourth-order valence-electron chi connectivity index (χ4n) is 0.786. The first-order valence-corrected chi connectivity index (χ1v) is 6.77. The Morgan fingerprint density at radius 2 is 0.576 bits per heavy atom. The van der Waals surface area contributed by atoms with Crippen LogP contribution in [0.2, 0.25) is 0 Å². The van der Waals surface area contributed by atoms with Gasteiger partial charge in [-0.05, 0) is 0 Å². The van der Waals surface area contributed by atoms with Crippen molar-refractivity contribution < 1.29 is 125 Å². The molecule has 21 heteroatoms. The molecule has 0 spiro atoms. The minimum absolute atomic E-state index is 0. The van der Waals surface area contributed by atoms with Crippen molar-refractivity contribution in [2.75, 3.05) is 0 Å². The van der Waals surface area contributed by atoms with E-state index in [1.54, 1.807) is 0 Å². The molecule has 0 aromatic carbocycles. The van der Waals surface area contributed by atoms with Gasteiger partial charge < -0.3 is 85.9 Å². The number of hydrogen-bond donors (Lipinski definition) is 8. The molecule has 6 unspecified atom stereocenters. The molecule has 0 saturated heterocycles. The number of carbonyl (C=O) groups is 6. The second-order valence-electron chi connectivity index (χ2n) is 4.62. The molecule has 0 rings (SSSR count). The molecule has 0 bridgehead atoms. The van der Waals surface area contributed by atoms with Gasteiger partial charge in [-0.1, -0.05) is 0 Å². The van der Waals surface area contributed by atoms with Gasteiger partial charge in [-0.25, -0.2) is 9.59 Å². The molecule has 0 amide bonds. The Morgan fingerprint density at radius 1 is 0.455 bits per heavy atom. The summed E-state index contributed by atoms with van der Waals surface area (Å²) in [5.41, 5.74) is 0. The smallest absolute Gasteiger partial charge is 0.547 e. The van der Waals surface area contributed by atoms with Gasteiger partial charge in [0, 0.05) is 0 Å². The molecule has 0 aliphatic carbocycles. The monoisotopic (exact) mass is 608 g/mol. The van der Waals surface area contributed by atoms with Crippen LogP contribution < -0.4 is 50.0 Å². The second-order valence-corrected chi connectivity index (χ2v) is 4.62. The average molecular weight is 609 g/mol. The summed E-state index contributed by atoms with van der Waals surface area (Å²) >= 11 is 0. The molecule has 0 fully saturated rings. The Bertz CT molecular complexity index is 501. The van der Waals surface area contributed by atoms with E-state index >= 15 is 0 Å². The third-order valence-electron chi connectivity index (χ3n) is 2.37. The predicted molar refractivity (Wildman–Crippen MR) is 80.7 cm³/mol. The van der Waals surface area contributed by atoms with Gasteiger partial charge in [0.25, 0.3) is 0 Å². The number of aliphatic hydroxyl groups is 6. The van der Waals surface area contributed by atoms with Crippen molar-refractivity contribution in [3.63, 3.8) is 0 Å². The van der Waals surface area contributed by atoms with Crippen LogP contribution in [0.3, 0.4) is 0 Å². The topological polar surface area (TPSA) is 388 Å². The first-order chi connectivity index (χ1) is 13.4. The van der Waals surface area contributed by atoms with Crippen LogP contribution in [0.4, 0.5) is 0 Å². The maximum atomic E-state index is 9.77. The molecule has 0 aliphatic rings. The molecule has 19 nitrogen and oxygen atoms in total. The van der Waals surface area contributed by atoms with Crippen molar-refractivity contribution in [1.29, 1.82) is 0 Å². The maximum Gasteiger partial charge on any atom is 3.00 e. The fraction of sp³-hybridized carbons (Fsp3) is 0.500. The summed E-state index contributed by atoms with van der Waals surface area (Å²) in [5.74, 6) is -11.8. The Balaban J connectivity index is -0.0000000792. The molecule has 6 atom stereocenters. The van der Waals surface area contributed by atoms with E-state index in [4.69, 9.17) is 40.9 Å². The largest absolute Gasteiger partial charge is 3.00 e. The SMILES string of the molecule is O.O=C(O)C(O)C(O)C(=O)O.O=C([O-])C(O)C(O)C(=O)[O-].O=C([O-])C(O)C(O)C(=O)[O-].[Na+].[Sb+3]. The Kier molecular flexibility index (Phi) is 30.2. The van der Waals surface area contributed by atoms with Crippen LogP contribution in [-0.4, -0.2) is 143 Å². The number of aliphatic carboxylic acids is 6. The number of hydrogen-bond acceptors (Lipinski definition) is 16. The molecule has 10 N–H and O–H groups in total. The summed E-state index contributed by atoms with van der Waals surface area (Å²) in [7, 11) is 0. The molecular formula is C12H16NaO19Sb. The molecule has 0 aromatic heterocycles. The zero-order chi connectivity index (χ0) is 24.9. The van der Waals surface area contributed by atoms with Crippen molar-refractivity contribution in [3.05, 3.63) is 0 Å². The van der Waals surface area contributed by atoms with Crippen molar-refractivity contribution in [3.8, 4) is 0 Å². The minimum atomic E-state index is -2.44. The van der Waals surface area contributed by atoms with Crippen LogP contribution in [0.25, 0.3) is 0 Å². The molecule has 0 aliphatic heterocycles. The average Bonchev–Trinajstić information content (AvgIpc) is 2.64. The molecule has 0 aromatic rings. The zero-order valence-corrected chi connectivity index (χ0v) is 20.6. The summed E-state index contributed by atoms with van der Waals surface area (Å²) < 4.78 is 0. The van der Waals surface area contributed by atoms with Gasteiger partial charge in [0.05, 0.1) is 23.9 Å². The van der Waals surface area contributed by atoms with E-state index in [1.165, 1.54) is 0 Å². The third-order valence-corrected chi connectivity index (χ3v) is 2.37. The van der Waals surface area contributed by atoms with Gasteiger partial charge in [0.2, 0.25) is 0 Å². The Labute approximate surface area is 221 Å². The number of carboxylic acid groups (broad SMARTS) is 6. The summed E-state index contributed by atoms with van der Waals surface area (Å²) in [6.45, 7) is 0. The molecule has 184 valence electrons. The van der Waals surface area contributed by atoms with Gasteiger partial charge in [0.1, 0.15) is 24.4 Å². The standard InChI is InChI=1S/3C4H6O6.Na.H2O.Sb/c3*5-1(3(7)8)2(6)4(9)10;;;/h3*1-2,5-6H,(H,7,8)(H,9,10);;1H2;/q;;;+1;;+3/p-4. The number of carbonyl (C=O) groups excluding carboxylic acids is 4. The molecule has 0 heterocycles. The fourth-order valence-corrected chi connectivity index (χ4v) is 0.786. The summed E-state index contributed by atoms with van der Waals surface area (Å²) in [6.07, 6.45) is -14.3. The number of carboxylic acids is 6. The molecule has 0 saturated carbocycles. The van der Waals surface area contributed by atoms with Crippen molar-refractivity contribution >= 4 is 60.2 Å². The van der Waals surface area contributed by atoms with Crippen LogP contribution in [0.15, 0.2) is 0 Å². The van der Waals surface area contributed by atoms with Crippen molar-refractivity contribution in [2.24, 2.45) is 0 Å². The van der Waals surface area contributed by atoms with Gasteiger partial charge >= 0.3 is 65.9 Å². The van der Waals surface area contributed by atoms with Crippen LogP contribution in [0.1, 0.15) is 0 Å². The predicted octanol–water partition coefficient (Wildman–Crippen LogP) is -15.9. The third kappa shape index (κ3) is 20.7. The van der Waals surface area contributed by atoms with Crippen LogP contribution in [0.5, 0.6) is 0 Å². The van der Waals surface area contributed by atoms with Crippen molar-refractivity contribution in [1.82, 2.24) is 0 Å². The molecule has 33 heavy (non-hydrogen) atoms. The van der Waals surface area contributed by atoms with Crippen molar-refractivity contribution in [2.45, 2.75) is 36.6 Å². The van der Waals surface area contributed by atoms with Gasteiger partial charge in [-0.15, -0.1) is 0 Å². The van der Waals surface area contributed by atoms with E-state index in [0.29, 0.717) is 0 Å². The first-order valence-electron chi connectivity index (χ1n) is 6.77. The summed E-state index contributed by atoms with van der Waals surface area (Å²) in [4.78, 5) is 58.1. The Hall–Kier alpha value is -1.64. The van der Waals surface area contributed by atoms with E-state index in [2.05, 4.69) is 0 Å². The van der Waals surface area contributed by atoms with Crippen LogP contribution in [0, 0.1) is 0 Å². The normalized spacial score (nSPS) is 14.4. The molecule has 2 radical (unpaired) electrons. The van der Waals surface area contributed by atoms with Gasteiger partial charge in [0.15, 0.2) is 12.2 Å². The van der Waals surface area contributed by atoms with E-state index in [1.807, 2.05) is 0 Å². The van der Waals surface area contributed by atoms with Gasteiger partial charge in [-0.2, -0.15) is 0 Å². The van der Waals surface area contributed by atoms with Gasteiger partial charge in [-0.3, -0.25) is 0 Å². The zero-order valence-electron chi connectivity index (χ0n) is 16.1. The Morgan fingerprint density at radius 3 is 0.636 bits per heavy atom. The van der Waals surface area contributed by atoms with E-state index in [0.717, 1.165) is 0 Å². The number of rotatable bonds is 9. The summed E-state index contributed by atoms with van der Waals surface area (Å²) in [6, 6.07) is 0. The van der Waals surface area contributed by atoms with E-state index in [9.17, 15) is 49.2 Å². The minimum Gasteiger partial charge on any atom is -0.547 e. The number of aliphatic hydroxyl groups excluding tert-OH is 6. The van der Waals surface area contributed by atoms with E-state index < -0.39 is 72.4 Å². The second kappa shape index (κ2) is 22.2. The molecular weight excluding hydrogens is 593 g/mol. The van der Waals surface area contributed by atoms with Crippen LogP contribution >= 0.6 is 0 Å². The first kappa shape index (κ1) is 44.9. The summed E-state index contributed by atoms with van der Waals surface area (Å²) in [5, 5.41) is 104. The van der Waals surface area contributed by atoms with E-state index in [-0.39, 0.29) is 59.5 Å². The van der Waals surface area contributed by atoms with Crippen LogP contribution in [-0.2, 0) is 28.8 Å².